The number of rotatable bonds is 3. The predicted molar refractivity (Wildman–Crippen MR) is 147 cm³/mol. The van der Waals surface area contributed by atoms with Gasteiger partial charge in [0.2, 0.25) is 0 Å². The normalized spacial score (nSPS) is 11.4. The summed E-state index contributed by atoms with van der Waals surface area (Å²) in [7, 11) is 0. The van der Waals surface area contributed by atoms with Gasteiger partial charge in [-0.05, 0) is 52.6 Å². The monoisotopic (exact) mass is 446 g/mol. The van der Waals surface area contributed by atoms with Crippen molar-refractivity contribution in [3.8, 4) is 33.5 Å². The number of hydrogen-bond donors (Lipinski definition) is 0. The molecule has 7 aromatic rings. The third-order valence-corrected chi connectivity index (χ3v) is 6.77. The van der Waals surface area contributed by atoms with Crippen molar-refractivity contribution >= 4 is 27.5 Å². The summed E-state index contributed by atoms with van der Waals surface area (Å²) in [6.45, 7) is 0. The van der Waals surface area contributed by atoms with E-state index in [-0.39, 0.29) is 0 Å². The Morgan fingerprint density at radius 1 is 0.400 bits per heavy atom. The van der Waals surface area contributed by atoms with Gasteiger partial charge >= 0.3 is 0 Å². The summed E-state index contributed by atoms with van der Waals surface area (Å²) in [5.74, 6) is 0. The van der Waals surface area contributed by atoms with E-state index in [1.54, 1.807) is 0 Å². The molecule has 35 heavy (non-hydrogen) atoms. The van der Waals surface area contributed by atoms with Crippen molar-refractivity contribution in [3.05, 3.63) is 133 Å². The molecule has 0 saturated heterocycles. The van der Waals surface area contributed by atoms with Crippen molar-refractivity contribution in [2.24, 2.45) is 0 Å². The summed E-state index contributed by atoms with van der Waals surface area (Å²) in [5, 5.41) is 1.22. The largest absolute Gasteiger partial charge is 0.306 e. The molecule has 0 unspecified atom stereocenters. The molecule has 0 aliphatic heterocycles. The lowest BCUT2D eigenvalue weighted by atomic mass is 9.98. The zero-order chi connectivity index (χ0) is 23.2. The van der Waals surface area contributed by atoms with Gasteiger partial charge in [0, 0.05) is 10.9 Å². The number of benzene rings is 5. The summed E-state index contributed by atoms with van der Waals surface area (Å²) in [5.41, 5.74) is 11.4. The van der Waals surface area contributed by atoms with Crippen LogP contribution in [0.15, 0.2) is 133 Å². The van der Waals surface area contributed by atoms with Gasteiger partial charge in [-0.3, -0.25) is 0 Å². The van der Waals surface area contributed by atoms with E-state index in [1.165, 1.54) is 33.2 Å². The summed E-state index contributed by atoms with van der Waals surface area (Å²) >= 11 is 0. The van der Waals surface area contributed by atoms with Crippen LogP contribution < -0.4 is 0 Å². The Morgan fingerprint density at radius 2 is 1.00 bits per heavy atom. The van der Waals surface area contributed by atoms with Crippen LogP contribution in [0.25, 0.3) is 61.0 Å². The number of para-hydroxylation sites is 3. The first-order valence-corrected chi connectivity index (χ1v) is 11.9. The molecule has 0 atom stereocenters. The van der Waals surface area contributed by atoms with E-state index in [2.05, 4.69) is 138 Å². The maximum absolute atomic E-state index is 5.14. The second-order valence-electron chi connectivity index (χ2n) is 8.90. The van der Waals surface area contributed by atoms with Gasteiger partial charge in [0.1, 0.15) is 0 Å². The van der Waals surface area contributed by atoms with Gasteiger partial charge in [0.25, 0.3) is 0 Å². The fourth-order valence-electron chi connectivity index (χ4n) is 5.06. The van der Waals surface area contributed by atoms with Gasteiger partial charge < -0.3 is 4.40 Å². The Bertz CT molecular complexity index is 1830. The second-order valence-corrected chi connectivity index (χ2v) is 8.90. The minimum Gasteiger partial charge on any atom is -0.306 e. The van der Waals surface area contributed by atoms with Crippen LogP contribution in [0.5, 0.6) is 0 Å². The zero-order valence-electron chi connectivity index (χ0n) is 19.1. The maximum atomic E-state index is 5.14. The molecule has 0 bridgehead atoms. The first kappa shape index (κ1) is 19.7. The zero-order valence-corrected chi connectivity index (χ0v) is 19.1. The van der Waals surface area contributed by atoms with Crippen molar-refractivity contribution in [2.75, 3.05) is 0 Å². The van der Waals surface area contributed by atoms with Gasteiger partial charge in [0.05, 0.1) is 27.8 Å². The van der Waals surface area contributed by atoms with E-state index in [0.29, 0.717) is 0 Å². The molecule has 0 saturated carbocycles. The third kappa shape index (κ3) is 3.31. The molecular formula is C33H22N2. The molecule has 0 fully saturated rings. The van der Waals surface area contributed by atoms with Gasteiger partial charge in [-0.15, -0.1) is 0 Å². The van der Waals surface area contributed by atoms with Gasteiger partial charge in [0.15, 0.2) is 0 Å². The Morgan fingerprint density at radius 3 is 1.83 bits per heavy atom. The summed E-state index contributed by atoms with van der Waals surface area (Å²) in [4.78, 5) is 5.14. The van der Waals surface area contributed by atoms with Crippen molar-refractivity contribution in [1.29, 1.82) is 0 Å². The van der Waals surface area contributed by atoms with Crippen molar-refractivity contribution < 1.29 is 0 Å². The molecule has 7 rings (SSSR count). The molecule has 2 aromatic heterocycles. The fraction of sp³-hybridized carbons (Fsp3) is 0. The van der Waals surface area contributed by atoms with Crippen LogP contribution in [0.4, 0.5) is 0 Å². The average molecular weight is 447 g/mol. The highest BCUT2D eigenvalue weighted by molar-refractivity contribution is 5.98. The minimum atomic E-state index is 0.994. The third-order valence-electron chi connectivity index (χ3n) is 6.77. The lowest BCUT2D eigenvalue weighted by molar-refractivity contribution is 1.27. The number of aromatic nitrogens is 2. The highest BCUT2D eigenvalue weighted by atomic mass is 14.9. The molecule has 5 aromatic carbocycles. The quantitative estimate of drug-likeness (QED) is 0.265. The van der Waals surface area contributed by atoms with Crippen LogP contribution in [0, 0.1) is 0 Å². The molecule has 0 aliphatic carbocycles. The maximum Gasteiger partial charge on any atom is 0.0951 e. The first-order valence-electron chi connectivity index (χ1n) is 11.9. The van der Waals surface area contributed by atoms with E-state index in [1.807, 2.05) is 0 Å². The molecule has 2 heterocycles. The fourth-order valence-corrected chi connectivity index (χ4v) is 5.06. The van der Waals surface area contributed by atoms with E-state index in [9.17, 15) is 0 Å². The lowest BCUT2D eigenvalue weighted by Crippen LogP contribution is -1.95. The summed E-state index contributed by atoms with van der Waals surface area (Å²) < 4.78 is 2.34. The van der Waals surface area contributed by atoms with Gasteiger partial charge in [-0.25, -0.2) is 4.98 Å². The van der Waals surface area contributed by atoms with Crippen molar-refractivity contribution in [3.63, 3.8) is 0 Å². The molecule has 2 nitrogen and oxygen atoms in total. The lowest BCUT2D eigenvalue weighted by Gasteiger charge is -2.11. The summed E-state index contributed by atoms with van der Waals surface area (Å²) in [6, 6.07) is 47.2. The van der Waals surface area contributed by atoms with Crippen LogP contribution in [-0.4, -0.2) is 9.38 Å². The number of hydrogen-bond acceptors (Lipinski definition) is 1. The SMILES string of the molecule is c1ccc(-c2ccc(-c3cccc(-c4nc5ccccc5n5c4cc4ccccc45)c3)cc2)cc1. The molecule has 164 valence electrons. The van der Waals surface area contributed by atoms with Crippen LogP contribution in [0.2, 0.25) is 0 Å². The molecular weight excluding hydrogens is 424 g/mol. The Kier molecular flexibility index (Phi) is 4.49. The van der Waals surface area contributed by atoms with Crippen LogP contribution in [0.3, 0.4) is 0 Å². The van der Waals surface area contributed by atoms with E-state index in [4.69, 9.17) is 4.98 Å². The number of fused-ring (bicyclic) bond motifs is 5. The molecule has 0 amide bonds. The highest BCUT2D eigenvalue weighted by Gasteiger charge is 2.14. The predicted octanol–water partition coefficient (Wildman–Crippen LogP) is 8.64. The smallest absolute Gasteiger partial charge is 0.0951 e. The van der Waals surface area contributed by atoms with E-state index >= 15 is 0 Å². The van der Waals surface area contributed by atoms with Crippen LogP contribution in [-0.2, 0) is 0 Å². The second kappa shape index (κ2) is 7.96. The molecule has 0 radical (unpaired) electrons. The van der Waals surface area contributed by atoms with E-state index < -0.39 is 0 Å². The number of nitrogens with zero attached hydrogens (tertiary/aromatic N) is 2. The molecule has 0 spiro atoms. The highest BCUT2D eigenvalue weighted by Crippen LogP contribution is 2.34. The topological polar surface area (TPSA) is 17.3 Å². The molecule has 2 heteroatoms. The average Bonchev–Trinajstić information content (AvgIpc) is 3.33. The standard InChI is InChI=1S/C33H22N2/c1-2-9-23(10-3-1)24-17-19-25(20-18-24)26-12-8-13-28(21-26)33-32-22-27-11-4-6-15-30(27)35(32)31-16-7-5-14-29(31)34-33/h1-22H. The first-order chi connectivity index (χ1) is 17.3. The summed E-state index contributed by atoms with van der Waals surface area (Å²) in [6.07, 6.45) is 0. The van der Waals surface area contributed by atoms with Crippen molar-refractivity contribution in [1.82, 2.24) is 9.38 Å². The van der Waals surface area contributed by atoms with E-state index in [0.717, 1.165) is 27.8 Å². The Labute approximate surface area is 203 Å². The Hall–Kier alpha value is -4.69. The van der Waals surface area contributed by atoms with Crippen LogP contribution >= 0.6 is 0 Å². The Balaban J connectivity index is 1.39. The van der Waals surface area contributed by atoms with Crippen LogP contribution in [0.1, 0.15) is 0 Å². The molecule has 0 aliphatic rings. The van der Waals surface area contributed by atoms with Gasteiger partial charge in [-0.1, -0.05) is 103 Å². The van der Waals surface area contributed by atoms with Crippen molar-refractivity contribution in [2.45, 2.75) is 0 Å². The minimum absolute atomic E-state index is 0.994. The molecule has 0 N–H and O–H groups in total. The van der Waals surface area contributed by atoms with Gasteiger partial charge in [-0.2, -0.15) is 0 Å².